The number of aryl methyl sites for hydroxylation is 2. The van der Waals surface area contributed by atoms with E-state index in [9.17, 15) is 0 Å². The number of aliphatic imine (C=N–C) groups is 1. The van der Waals surface area contributed by atoms with Gasteiger partial charge in [0.25, 0.3) is 0 Å². The highest BCUT2D eigenvalue weighted by Crippen LogP contribution is 2.22. The number of nitrogens with zero attached hydrogens (tertiary/aromatic N) is 3. The number of aromatic nitrogens is 2. The molecule has 1 heterocycles. The topological polar surface area (TPSA) is 54.2 Å². The van der Waals surface area contributed by atoms with Gasteiger partial charge in [-0.2, -0.15) is 5.10 Å². The molecule has 0 spiro atoms. The minimum atomic E-state index is 0.679. The maximum Gasteiger partial charge on any atom is 0.191 e. The van der Waals surface area contributed by atoms with Crippen LogP contribution in [-0.4, -0.2) is 35.1 Å². The molecule has 0 unspecified atom stereocenters. The Balaban J connectivity index is 1.94. The fourth-order valence-corrected chi connectivity index (χ4v) is 3.11. The fraction of sp³-hybridized carbons (Fsp3) is 0.444. The Morgan fingerprint density at radius 1 is 1.33 bits per heavy atom. The first-order valence-electron chi connectivity index (χ1n) is 8.25. The van der Waals surface area contributed by atoms with Crippen molar-refractivity contribution >= 4 is 17.7 Å². The van der Waals surface area contributed by atoms with Gasteiger partial charge in [-0.1, -0.05) is 12.1 Å². The van der Waals surface area contributed by atoms with Gasteiger partial charge in [-0.25, -0.2) is 4.99 Å². The number of benzene rings is 1. The molecule has 0 atom stereocenters. The smallest absolute Gasteiger partial charge is 0.191 e. The molecular weight excluding hydrogens is 318 g/mol. The summed E-state index contributed by atoms with van der Waals surface area (Å²) in [4.78, 5) is 6.01. The standard InChI is InChI=1S/C18H27N5S/c1-5-19-18(20-9-8-15-11-22-23(3)13-15)21-12-16-7-6-14(2)10-17(16)24-4/h6-7,10-11,13H,5,8-9,12H2,1-4H3,(H2,19,20,21). The number of nitrogens with one attached hydrogen (secondary N) is 2. The third-order valence-corrected chi connectivity index (χ3v) is 4.48. The molecule has 0 aliphatic heterocycles. The van der Waals surface area contributed by atoms with Crippen LogP contribution in [0.1, 0.15) is 23.6 Å². The van der Waals surface area contributed by atoms with Crippen molar-refractivity contribution < 1.29 is 0 Å². The van der Waals surface area contributed by atoms with Crippen LogP contribution in [-0.2, 0) is 20.0 Å². The van der Waals surface area contributed by atoms with Crippen molar-refractivity contribution in [3.63, 3.8) is 0 Å². The molecule has 6 heteroatoms. The van der Waals surface area contributed by atoms with E-state index in [4.69, 9.17) is 4.99 Å². The van der Waals surface area contributed by atoms with Crippen LogP contribution in [0.2, 0.25) is 0 Å². The zero-order valence-corrected chi connectivity index (χ0v) is 15.8. The van der Waals surface area contributed by atoms with Crippen molar-refractivity contribution in [3.8, 4) is 0 Å². The van der Waals surface area contributed by atoms with Crippen molar-refractivity contribution in [1.82, 2.24) is 20.4 Å². The lowest BCUT2D eigenvalue weighted by molar-refractivity contribution is 0.765. The lowest BCUT2D eigenvalue weighted by atomic mass is 10.1. The van der Waals surface area contributed by atoms with Crippen molar-refractivity contribution in [2.45, 2.75) is 31.7 Å². The van der Waals surface area contributed by atoms with Crippen LogP contribution >= 0.6 is 11.8 Å². The van der Waals surface area contributed by atoms with E-state index in [1.807, 2.05) is 24.1 Å². The molecule has 1 aromatic carbocycles. The average molecular weight is 346 g/mol. The first kappa shape index (κ1) is 18.4. The van der Waals surface area contributed by atoms with Crippen LogP contribution in [0.15, 0.2) is 40.5 Å². The average Bonchev–Trinajstić information content (AvgIpc) is 2.98. The third-order valence-electron chi connectivity index (χ3n) is 3.66. The summed E-state index contributed by atoms with van der Waals surface area (Å²) in [7, 11) is 1.94. The summed E-state index contributed by atoms with van der Waals surface area (Å²) >= 11 is 1.77. The van der Waals surface area contributed by atoms with Crippen LogP contribution in [0, 0.1) is 6.92 Å². The van der Waals surface area contributed by atoms with Crippen LogP contribution < -0.4 is 10.6 Å². The Bertz CT molecular complexity index is 678. The first-order valence-corrected chi connectivity index (χ1v) is 9.48. The normalized spacial score (nSPS) is 11.6. The molecule has 2 rings (SSSR count). The lowest BCUT2D eigenvalue weighted by Crippen LogP contribution is -2.38. The summed E-state index contributed by atoms with van der Waals surface area (Å²) in [5, 5.41) is 10.9. The maximum absolute atomic E-state index is 4.72. The van der Waals surface area contributed by atoms with Crippen LogP contribution in [0.3, 0.4) is 0 Å². The summed E-state index contributed by atoms with van der Waals surface area (Å²) in [6.07, 6.45) is 6.99. The first-order chi connectivity index (χ1) is 11.6. The Morgan fingerprint density at radius 3 is 2.83 bits per heavy atom. The monoisotopic (exact) mass is 345 g/mol. The van der Waals surface area contributed by atoms with Crippen LogP contribution in [0.5, 0.6) is 0 Å². The molecule has 2 aromatic rings. The summed E-state index contributed by atoms with van der Waals surface area (Å²) in [5.74, 6) is 0.856. The molecule has 0 radical (unpaired) electrons. The Morgan fingerprint density at radius 2 is 2.17 bits per heavy atom. The van der Waals surface area contributed by atoms with Gasteiger partial charge in [-0.15, -0.1) is 11.8 Å². The quantitative estimate of drug-likeness (QED) is 0.460. The van der Waals surface area contributed by atoms with Gasteiger partial charge in [0.15, 0.2) is 5.96 Å². The molecule has 0 saturated carbocycles. The lowest BCUT2D eigenvalue weighted by Gasteiger charge is -2.12. The van der Waals surface area contributed by atoms with Gasteiger partial charge in [-0.3, -0.25) is 4.68 Å². The Labute approximate surface area is 148 Å². The zero-order chi connectivity index (χ0) is 17.4. The highest BCUT2D eigenvalue weighted by molar-refractivity contribution is 7.98. The molecule has 24 heavy (non-hydrogen) atoms. The molecule has 5 nitrogen and oxygen atoms in total. The molecule has 0 fully saturated rings. The molecule has 1 aromatic heterocycles. The molecule has 130 valence electrons. The van der Waals surface area contributed by atoms with E-state index >= 15 is 0 Å². The molecule has 0 saturated heterocycles. The van der Waals surface area contributed by atoms with Crippen LogP contribution in [0.4, 0.5) is 0 Å². The minimum absolute atomic E-state index is 0.679. The highest BCUT2D eigenvalue weighted by Gasteiger charge is 2.03. The van der Waals surface area contributed by atoms with E-state index in [1.54, 1.807) is 11.8 Å². The number of rotatable bonds is 7. The predicted octanol–water partition coefficient (Wildman–Crippen LogP) is 2.75. The van der Waals surface area contributed by atoms with E-state index in [-0.39, 0.29) is 0 Å². The van der Waals surface area contributed by atoms with Gasteiger partial charge in [0.1, 0.15) is 0 Å². The van der Waals surface area contributed by atoms with E-state index < -0.39 is 0 Å². The van der Waals surface area contributed by atoms with Gasteiger partial charge >= 0.3 is 0 Å². The van der Waals surface area contributed by atoms with E-state index in [1.165, 1.54) is 21.6 Å². The second-order valence-electron chi connectivity index (χ2n) is 5.71. The molecule has 0 aliphatic rings. The Kier molecular flexibility index (Phi) is 7.18. The SMILES string of the molecule is CCNC(=NCc1ccc(C)cc1SC)NCCc1cnn(C)c1. The number of guanidine groups is 1. The fourth-order valence-electron chi connectivity index (χ4n) is 2.41. The van der Waals surface area contributed by atoms with Crippen molar-refractivity contribution in [2.24, 2.45) is 12.0 Å². The number of hydrogen-bond acceptors (Lipinski definition) is 3. The second kappa shape index (κ2) is 9.37. The van der Waals surface area contributed by atoms with Gasteiger partial charge < -0.3 is 10.6 Å². The highest BCUT2D eigenvalue weighted by atomic mass is 32.2. The van der Waals surface area contributed by atoms with E-state index in [2.05, 4.69) is 54.0 Å². The summed E-state index contributed by atoms with van der Waals surface area (Å²) < 4.78 is 1.83. The predicted molar refractivity (Wildman–Crippen MR) is 103 cm³/mol. The summed E-state index contributed by atoms with van der Waals surface area (Å²) in [6, 6.07) is 6.54. The van der Waals surface area contributed by atoms with Crippen molar-refractivity contribution in [3.05, 3.63) is 47.3 Å². The number of thioether (sulfide) groups is 1. The van der Waals surface area contributed by atoms with Gasteiger partial charge in [0, 0.05) is 31.2 Å². The van der Waals surface area contributed by atoms with Crippen molar-refractivity contribution in [1.29, 1.82) is 0 Å². The zero-order valence-electron chi connectivity index (χ0n) is 15.0. The Hall–Kier alpha value is -1.95. The minimum Gasteiger partial charge on any atom is -0.357 e. The van der Waals surface area contributed by atoms with E-state index in [0.29, 0.717) is 6.54 Å². The van der Waals surface area contributed by atoms with Crippen LogP contribution in [0.25, 0.3) is 0 Å². The molecule has 0 bridgehead atoms. The second-order valence-corrected chi connectivity index (χ2v) is 6.56. The molecule has 0 amide bonds. The molecule has 2 N–H and O–H groups in total. The summed E-state index contributed by atoms with van der Waals surface area (Å²) in [5.41, 5.74) is 3.77. The number of hydrogen-bond donors (Lipinski definition) is 2. The maximum atomic E-state index is 4.72. The molecular formula is C18H27N5S. The van der Waals surface area contributed by atoms with E-state index in [0.717, 1.165) is 25.5 Å². The largest absolute Gasteiger partial charge is 0.357 e. The van der Waals surface area contributed by atoms with Crippen molar-refractivity contribution in [2.75, 3.05) is 19.3 Å². The third kappa shape index (κ3) is 5.60. The van der Waals surface area contributed by atoms with Gasteiger partial charge in [0.05, 0.1) is 12.7 Å². The summed E-state index contributed by atoms with van der Waals surface area (Å²) in [6.45, 7) is 6.57. The van der Waals surface area contributed by atoms with Gasteiger partial charge in [-0.05, 0) is 49.3 Å². The van der Waals surface area contributed by atoms with Gasteiger partial charge in [0.2, 0.25) is 0 Å². The molecule has 0 aliphatic carbocycles.